The summed E-state index contributed by atoms with van der Waals surface area (Å²) >= 11 is 5.81. The minimum Gasteiger partial charge on any atom is -0.322 e. The van der Waals surface area contributed by atoms with Gasteiger partial charge >= 0.3 is 0 Å². The van der Waals surface area contributed by atoms with Crippen LogP contribution >= 0.6 is 11.6 Å². The molecule has 2 aromatic rings. The highest BCUT2D eigenvalue weighted by Gasteiger charge is 2.10. The van der Waals surface area contributed by atoms with E-state index in [1.165, 1.54) is 0 Å². The first-order valence-corrected chi connectivity index (χ1v) is 5.12. The maximum atomic E-state index is 11.8. The van der Waals surface area contributed by atoms with Crippen molar-refractivity contribution in [2.45, 2.75) is 0 Å². The molecule has 0 unspecified atom stereocenters. The molecule has 0 bridgehead atoms. The van der Waals surface area contributed by atoms with Crippen molar-refractivity contribution >= 4 is 23.2 Å². The summed E-state index contributed by atoms with van der Waals surface area (Å²) < 4.78 is 0. The van der Waals surface area contributed by atoms with Crippen molar-refractivity contribution < 1.29 is 4.79 Å². The molecule has 1 N–H and O–H groups in total. The summed E-state index contributed by atoms with van der Waals surface area (Å²) in [6.07, 6.45) is 1.54. The largest absolute Gasteiger partial charge is 0.322 e. The quantitative estimate of drug-likeness (QED) is 0.809. The monoisotopic (exact) mass is 232 g/mol. The number of para-hydroxylation sites is 1. The minimum atomic E-state index is -0.260. The molecule has 0 aliphatic carbocycles. The zero-order chi connectivity index (χ0) is 11.4. The van der Waals surface area contributed by atoms with Gasteiger partial charge in [0.25, 0.3) is 5.91 Å². The van der Waals surface area contributed by atoms with Crippen molar-refractivity contribution in [1.82, 2.24) is 4.98 Å². The van der Waals surface area contributed by atoms with Gasteiger partial charge in [0.2, 0.25) is 0 Å². The molecule has 16 heavy (non-hydrogen) atoms. The van der Waals surface area contributed by atoms with Crippen molar-refractivity contribution in [3.8, 4) is 0 Å². The third-order valence-electron chi connectivity index (χ3n) is 2.04. The van der Waals surface area contributed by atoms with E-state index in [4.69, 9.17) is 11.6 Å². The van der Waals surface area contributed by atoms with E-state index >= 15 is 0 Å². The van der Waals surface area contributed by atoms with E-state index in [2.05, 4.69) is 10.3 Å². The van der Waals surface area contributed by atoms with Gasteiger partial charge in [-0.05, 0) is 24.3 Å². The highest BCUT2D eigenvalue weighted by molar-refractivity contribution is 6.33. The molecule has 1 amide bonds. The first kappa shape index (κ1) is 10.6. The number of rotatable bonds is 2. The van der Waals surface area contributed by atoms with Gasteiger partial charge in [-0.15, -0.1) is 0 Å². The molecule has 2 rings (SSSR count). The molecule has 0 aliphatic heterocycles. The maximum absolute atomic E-state index is 11.8. The number of hydrogen-bond acceptors (Lipinski definition) is 2. The fourth-order valence-electron chi connectivity index (χ4n) is 1.28. The van der Waals surface area contributed by atoms with Crippen LogP contribution in [0.4, 0.5) is 5.69 Å². The summed E-state index contributed by atoms with van der Waals surface area (Å²) in [6.45, 7) is 0. The van der Waals surface area contributed by atoms with Crippen LogP contribution in [-0.2, 0) is 0 Å². The second-order valence-electron chi connectivity index (χ2n) is 3.16. The Hall–Kier alpha value is -1.87. The van der Waals surface area contributed by atoms with Crippen molar-refractivity contribution in [2.24, 2.45) is 0 Å². The first-order chi connectivity index (χ1) is 7.77. The van der Waals surface area contributed by atoms with Gasteiger partial charge in [0.15, 0.2) is 0 Å². The van der Waals surface area contributed by atoms with Gasteiger partial charge < -0.3 is 5.32 Å². The zero-order valence-corrected chi connectivity index (χ0v) is 9.11. The molecule has 0 radical (unpaired) electrons. The van der Waals surface area contributed by atoms with E-state index in [9.17, 15) is 4.79 Å². The van der Waals surface area contributed by atoms with Crippen LogP contribution in [0.3, 0.4) is 0 Å². The van der Waals surface area contributed by atoms with Crippen LogP contribution in [0, 0.1) is 0 Å². The number of carbonyl (C=O) groups is 1. The van der Waals surface area contributed by atoms with Gasteiger partial charge in [0, 0.05) is 11.9 Å². The molecular weight excluding hydrogens is 224 g/mol. The second-order valence-corrected chi connectivity index (χ2v) is 3.52. The molecule has 0 aliphatic rings. The van der Waals surface area contributed by atoms with E-state index in [-0.39, 0.29) is 11.1 Å². The number of nitrogens with zero attached hydrogens (tertiary/aromatic N) is 1. The summed E-state index contributed by atoms with van der Waals surface area (Å²) in [5.74, 6) is -0.260. The molecular formula is C12H9ClN2O. The van der Waals surface area contributed by atoms with Crippen LogP contribution in [0.25, 0.3) is 0 Å². The lowest BCUT2D eigenvalue weighted by molar-refractivity contribution is 0.102. The number of aromatic nitrogens is 1. The Morgan fingerprint density at radius 2 is 1.88 bits per heavy atom. The fourth-order valence-corrected chi connectivity index (χ4v) is 1.48. The number of amides is 1. The Morgan fingerprint density at radius 1 is 1.12 bits per heavy atom. The average molecular weight is 233 g/mol. The van der Waals surface area contributed by atoms with E-state index in [0.717, 1.165) is 5.69 Å². The molecule has 4 heteroatoms. The number of carbonyl (C=O) groups excluding carboxylic acids is 1. The average Bonchev–Trinajstić information content (AvgIpc) is 2.31. The molecule has 1 aromatic heterocycles. The third kappa shape index (κ3) is 2.38. The standard InChI is InChI=1S/C12H9ClN2O/c13-11-10(7-4-8-14-11)12(16)15-9-5-2-1-3-6-9/h1-8H,(H,15,16). The van der Waals surface area contributed by atoms with Gasteiger partial charge in [-0.2, -0.15) is 0 Å². The number of anilines is 1. The van der Waals surface area contributed by atoms with E-state index in [1.807, 2.05) is 30.3 Å². The van der Waals surface area contributed by atoms with Crippen molar-refractivity contribution in [3.63, 3.8) is 0 Å². The minimum absolute atomic E-state index is 0.205. The summed E-state index contributed by atoms with van der Waals surface area (Å²) in [4.78, 5) is 15.6. The predicted molar refractivity (Wildman–Crippen MR) is 63.6 cm³/mol. The van der Waals surface area contributed by atoms with Gasteiger partial charge in [0.05, 0.1) is 5.56 Å². The van der Waals surface area contributed by atoms with Gasteiger partial charge in [0.1, 0.15) is 5.15 Å². The number of nitrogens with one attached hydrogen (secondary N) is 1. The Morgan fingerprint density at radius 3 is 2.56 bits per heavy atom. The van der Waals surface area contributed by atoms with Crippen LogP contribution in [0.5, 0.6) is 0 Å². The third-order valence-corrected chi connectivity index (χ3v) is 2.34. The lowest BCUT2D eigenvalue weighted by Crippen LogP contribution is -2.12. The summed E-state index contributed by atoms with van der Waals surface area (Å²) in [5.41, 5.74) is 1.10. The Balaban J connectivity index is 2.19. The summed E-state index contributed by atoms with van der Waals surface area (Å²) in [7, 11) is 0. The van der Waals surface area contributed by atoms with Crippen LogP contribution in [-0.4, -0.2) is 10.9 Å². The van der Waals surface area contributed by atoms with Gasteiger partial charge in [-0.3, -0.25) is 4.79 Å². The maximum Gasteiger partial charge on any atom is 0.258 e. The number of halogens is 1. The van der Waals surface area contributed by atoms with Crippen LogP contribution in [0.1, 0.15) is 10.4 Å². The smallest absolute Gasteiger partial charge is 0.258 e. The highest BCUT2D eigenvalue weighted by atomic mass is 35.5. The molecule has 3 nitrogen and oxygen atoms in total. The Kier molecular flexibility index (Phi) is 3.17. The summed E-state index contributed by atoms with van der Waals surface area (Å²) in [6, 6.07) is 12.5. The van der Waals surface area contributed by atoms with Crippen molar-refractivity contribution in [1.29, 1.82) is 0 Å². The highest BCUT2D eigenvalue weighted by Crippen LogP contribution is 2.14. The number of hydrogen-bond donors (Lipinski definition) is 1. The van der Waals surface area contributed by atoms with Gasteiger partial charge in [-0.1, -0.05) is 29.8 Å². The lowest BCUT2D eigenvalue weighted by Gasteiger charge is -2.05. The van der Waals surface area contributed by atoms with Gasteiger partial charge in [-0.25, -0.2) is 4.98 Å². The Bertz CT molecular complexity index is 499. The molecule has 1 aromatic carbocycles. The predicted octanol–water partition coefficient (Wildman–Crippen LogP) is 2.99. The normalized spacial score (nSPS) is 9.81. The van der Waals surface area contributed by atoms with E-state index in [0.29, 0.717) is 5.56 Å². The molecule has 0 saturated heterocycles. The molecule has 1 heterocycles. The molecule has 80 valence electrons. The van der Waals surface area contributed by atoms with E-state index in [1.54, 1.807) is 18.3 Å². The van der Waals surface area contributed by atoms with Crippen molar-refractivity contribution in [3.05, 3.63) is 59.4 Å². The summed E-state index contributed by atoms with van der Waals surface area (Å²) in [5, 5.41) is 2.94. The SMILES string of the molecule is O=C(Nc1ccccc1)c1cccnc1Cl. The van der Waals surface area contributed by atoms with E-state index < -0.39 is 0 Å². The second kappa shape index (κ2) is 4.77. The number of pyridine rings is 1. The lowest BCUT2D eigenvalue weighted by atomic mass is 10.2. The van der Waals surface area contributed by atoms with Crippen LogP contribution in [0.2, 0.25) is 5.15 Å². The Labute approximate surface area is 98.1 Å². The molecule has 0 fully saturated rings. The fraction of sp³-hybridized carbons (Fsp3) is 0. The topological polar surface area (TPSA) is 42.0 Å². The van der Waals surface area contributed by atoms with Crippen LogP contribution < -0.4 is 5.32 Å². The molecule has 0 saturated carbocycles. The van der Waals surface area contributed by atoms with Crippen LogP contribution in [0.15, 0.2) is 48.7 Å². The first-order valence-electron chi connectivity index (χ1n) is 4.74. The number of benzene rings is 1. The zero-order valence-electron chi connectivity index (χ0n) is 8.35. The van der Waals surface area contributed by atoms with Crippen molar-refractivity contribution in [2.75, 3.05) is 5.32 Å². The molecule has 0 spiro atoms. The molecule has 0 atom stereocenters.